The van der Waals surface area contributed by atoms with E-state index in [1.165, 1.54) is 56.5 Å². The molecule has 2 fully saturated rings. The smallest absolute Gasteiger partial charge is 0.188 e. The van der Waals surface area contributed by atoms with Crippen molar-refractivity contribution >= 4 is 41.7 Å². The van der Waals surface area contributed by atoms with Crippen LogP contribution in [0.5, 0.6) is 0 Å². The molecule has 0 spiro atoms. The summed E-state index contributed by atoms with van der Waals surface area (Å²) in [6, 6.07) is 0.577. The predicted molar refractivity (Wildman–Crippen MR) is 92.0 cm³/mol. The van der Waals surface area contributed by atoms with E-state index in [0.717, 1.165) is 12.5 Å². The monoisotopic (exact) mass is 383 g/mol. The Bertz CT molecular complexity index is 249. The van der Waals surface area contributed by atoms with Crippen molar-refractivity contribution in [3.63, 3.8) is 0 Å². The van der Waals surface area contributed by atoms with E-state index in [2.05, 4.69) is 22.1 Å². The molecule has 1 saturated carbocycles. The number of nitrogens with zero attached hydrogens (tertiary/aromatic N) is 1. The van der Waals surface area contributed by atoms with Crippen LogP contribution in [0.2, 0.25) is 0 Å². The number of hydrogen-bond donors (Lipinski definition) is 2. The van der Waals surface area contributed by atoms with Gasteiger partial charge in [-0.15, -0.1) is 24.0 Å². The average Bonchev–Trinajstić information content (AvgIpc) is 2.39. The van der Waals surface area contributed by atoms with Gasteiger partial charge in [-0.2, -0.15) is 11.8 Å². The van der Waals surface area contributed by atoms with E-state index in [9.17, 15) is 0 Å². The molecule has 1 unspecified atom stereocenters. The third-order valence-electron chi connectivity index (χ3n) is 3.73. The zero-order valence-corrected chi connectivity index (χ0v) is 14.2. The summed E-state index contributed by atoms with van der Waals surface area (Å²) in [5.74, 6) is 4.02. The van der Waals surface area contributed by atoms with Crippen LogP contribution in [0.3, 0.4) is 0 Å². The van der Waals surface area contributed by atoms with Crippen molar-refractivity contribution in [3.8, 4) is 0 Å². The molecule has 5 heteroatoms. The van der Waals surface area contributed by atoms with Gasteiger partial charge >= 0.3 is 0 Å². The molecule has 18 heavy (non-hydrogen) atoms. The number of thioether (sulfide) groups is 1. The van der Waals surface area contributed by atoms with Crippen LogP contribution in [0.25, 0.3) is 0 Å². The second kappa shape index (κ2) is 9.28. The van der Waals surface area contributed by atoms with Crippen LogP contribution >= 0.6 is 35.7 Å². The summed E-state index contributed by atoms with van der Waals surface area (Å²) in [4.78, 5) is 4.51. The first-order chi connectivity index (χ1) is 8.34. The largest absolute Gasteiger partial charge is 0.370 e. The van der Waals surface area contributed by atoms with Crippen molar-refractivity contribution < 1.29 is 0 Å². The van der Waals surface area contributed by atoms with Gasteiger partial charge in [-0.25, -0.2) is 0 Å². The molecule has 1 aliphatic heterocycles. The first-order valence-electron chi connectivity index (χ1n) is 6.99. The highest BCUT2D eigenvalue weighted by Gasteiger charge is 2.15. The third kappa shape index (κ3) is 5.99. The second-order valence-corrected chi connectivity index (χ2v) is 6.44. The van der Waals surface area contributed by atoms with E-state index in [-0.39, 0.29) is 24.0 Å². The van der Waals surface area contributed by atoms with E-state index in [0.29, 0.717) is 12.0 Å². The first-order valence-corrected chi connectivity index (χ1v) is 8.14. The molecule has 1 heterocycles. The Labute approximate surface area is 132 Å². The molecule has 0 radical (unpaired) electrons. The lowest BCUT2D eigenvalue weighted by Gasteiger charge is -2.24. The maximum absolute atomic E-state index is 5.95. The molecule has 1 atom stereocenters. The SMILES string of the molecule is I.NC(=NCC1CCCSC1)NC1CCCCC1. The van der Waals surface area contributed by atoms with Crippen molar-refractivity contribution in [2.75, 3.05) is 18.1 Å². The number of nitrogens with two attached hydrogens (primary N) is 1. The van der Waals surface area contributed by atoms with Crippen molar-refractivity contribution in [3.05, 3.63) is 0 Å². The Morgan fingerprint density at radius 2 is 1.94 bits per heavy atom. The lowest BCUT2D eigenvalue weighted by Crippen LogP contribution is -2.41. The summed E-state index contributed by atoms with van der Waals surface area (Å²) < 4.78 is 0. The normalized spacial score (nSPS) is 26.4. The molecule has 0 aromatic rings. The van der Waals surface area contributed by atoms with E-state index in [1.54, 1.807) is 0 Å². The lowest BCUT2D eigenvalue weighted by atomic mass is 9.96. The lowest BCUT2D eigenvalue weighted by molar-refractivity contribution is 0.411. The van der Waals surface area contributed by atoms with Crippen LogP contribution in [-0.2, 0) is 0 Å². The molecule has 0 aromatic heterocycles. The maximum atomic E-state index is 5.95. The van der Waals surface area contributed by atoms with Crippen molar-refractivity contribution in [1.29, 1.82) is 0 Å². The zero-order chi connectivity index (χ0) is 11.9. The summed E-state index contributed by atoms with van der Waals surface area (Å²) in [6.45, 7) is 0.915. The van der Waals surface area contributed by atoms with Gasteiger partial charge in [-0.05, 0) is 43.1 Å². The molecule has 0 bridgehead atoms. The fourth-order valence-electron chi connectivity index (χ4n) is 2.68. The molecule has 2 aliphatic rings. The molecule has 1 saturated heterocycles. The summed E-state index contributed by atoms with van der Waals surface area (Å²) in [5.41, 5.74) is 5.95. The van der Waals surface area contributed by atoms with Crippen LogP contribution < -0.4 is 11.1 Å². The Kier molecular flexibility index (Phi) is 8.46. The Hall–Kier alpha value is 0.350. The van der Waals surface area contributed by atoms with E-state index >= 15 is 0 Å². The number of aliphatic imine (C=N–C) groups is 1. The standard InChI is InChI=1S/C13H25N3S.HI/c14-13(16-12-6-2-1-3-7-12)15-9-11-5-4-8-17-10-11;/h11-12H,1-10H2,(H3,14,15,16);1H. The summed E-state index contributed by atoms with van der Waals surface area (Å²) in [7, 11) is 0. The number of nitrogens with one attached hydrogen (secondary N) is 1. The fourth-order valence-corrected chi connectivity index (χ4v) is 3.82. The molecule has 0 amide bonds. The minimum atomic E-state index is 0. The van der Waals surface area contributed by atoms with E-state index in [1.807, 2.05) is 0 Å². The highest BCUT2D eigenvalue weighted by Crippen LogP contribution is 2.22. The van der Waals surface area contributed by atoms with Gasteiger partial charge in [-0.3, -0.25) is 4.99 Å². The number of hydrogen-bond acceptors (Lipinski definition) is 2. The number of rotatable bonds is 3. The molecule has 106 valence electrons. The van der Waals surface area contributed by atoms with Crippen molar-refractivity contribution in [1.82, 2.24) is 5.32 Å². The van der Waals surface area contributed by atoms with Gasteiger partial charge in [0.25, 0.3) is 0 Å². The second-order valence-electron chi connectivity index (χ2n) is 5.29. The summed E-state index contributed by atoms with van der Waals surface area (Å²) in [6.07, 6.45) is 9.25. The van der Waals surface area contributed by atoms with Gasteiger partial charge in [0, 0.05) is 12.6 Å². The summed E-state index contributed by atoms with van der Waals surface area (Å²) in [5, 5.41) is 3.38. The van der Waals surface area contributed by atoms with E-state index in [4.69, 9.17) is 5.73 Å². The van der Waals surface area contributed by atoms with Gasteiger partial charge in [0.05, 0.1) is 0 Å². The minimum absolute atomic E-state index is 0. The van der Waals surface area contributed by atoms with Gasteiger partial charge in [0.15, 0.2) is 5.96 Å². The van der Waals surface area contributed by atoms with Crippen LogP contribution in [0.4, 0.5) is 0 Å². The van der Waals surface area contributed by atoms with Crippen LogP contribution in [0.1, 0.15) is 44.9 Å². The highest BCUT2D eigenvalue weighted by atomic mass is 127. The Morgan fingerprint density at radius 3 is 2.61 bits per heavy atom. The quantitative estimate of drug-likeness (QED) is 0.448. The van der Waals surface area contributed by atoms with Gasteiger partial charge in [0.2, 0.25) is 0 Å². The van der Waals surface area contributed by atoms with Gasteiger partial charge in [-0.1, -0.05) is 19.3 Å². The molecule has 1 aliphatic carbocycles. The topological polar surface area (TPSA) is 50.4 Å². The van der Waals surface area contributed by atoms with E-state index < -0.39 is 0 Å². The number of halogens is 1. The van der Waals surface area contributed by atoms with Crippen molar-refractivity contribution in [2.45, 2.75) is 51.0 Å². The highest BCUT2D eigenvalue weighted by molar-refractivity contribution is 14.0. The average molecular weight is 383 g/mol. The summed E-state index contributed by atoms with van der Waals surface area (Å²) >= 11 is 2.06. The Balaban J connectivity index is 0.00000162. The van der Waals surface area contributed by atoms with Gasteiger partial charge in [0.1, 0.15) is 0 Å². The molecular weight excluding hydrogens is 357 g/mol. The minimum Gasteiger partial charge on any atom is -0.370 e. The fraction of sp³-hybridized carbons (Fsp3) is 0.923. The first kappa shape index (κ1) is 16.4. The predicted octanol–water partition coefficient (Wildman–Crippen LogP) is 2.98. The third-order valence-corrected chi connectivity index (χ3v) is 5.02. The maximum Gasteiger partial charge on any atom is 0.188 e. The van der Waals surface area contributed by atoms with Gasteiger partial charge < -0.3 is 11.1 Å². The molecular formula is C13H26IN3S. The van der Waals surface area contributed by atoms with Crippen molar-refractivity contribution in [2.24, 2.45) is 16.6 Å². The molecule has 3 N–H and O–H groups in total. The Morgan fingerprint density at radius 1 is 1.17 bits per heavy atom. The molecule has 3 nitrogen and oxygen atoms in total. The van der Waals surface area contributed by atoms with Crippen LogP contribution in [-0.4, -0.2) is 30.1 Å². The van der Waals surface area contributed by atoms with Crippen LogP contribution in [0.15, 0.2) is 4.99 Å². The zero-order valence-electron chi connectivity index (χ0n) is 11.1. The molecule has 0 aromatic carbocycles. The molecule has 2 rings (SSSR count). The number of guanidine groups is 1. The van der Waals surface area contributed by atoms with Crippen LogP contribution in [0, 0.1) is 5.92 Å².